The van der Waals surface area contributed by atoms with Crippen molar-refractivity contribution in [3.05, 3.63) is 0 Å². The summed E-state index contributed by atoms with van der Waals surface area (Å²) in [5.41, 5.74) is 0. The van der Waals surface area contributed by atoms with Gasteiger partial charge in [0.25, 0.3) is 0 Å². The van der Waals surface area contributed by atoms with Crippen LogP contribution in [-0.2, 0) is 14.6 Å². The summed E-state index contributed by atoms with van der Waals surface area (Å²) in [4.78, 5) is 0. The van der Waals surface area contributed by atoms with Crippen molar-refractivity contribution in [3.8, 4) is 0 Å². The van der Waals surface area contributed by atoms with Gasteiger partial charge in [-0.1, -0.05) is 0 Å². The Morgan fingerprint density at radius 3 is 2.58 bits per heavy atom. The van der Waals surface area contributed by atoms with Crippen LogP contribution in [0.15, 0.2) is 0 Å². The fourth-order valence-corrected chi connectivity index (χ4v) is 2.56. The van der Waals surface area contributed by atoms with Gasteiger partial charge in [0.05, 0.1) is 6.10 Å². The quantitative estimate of drug-likeness (QED) is 0.589. The van der Waals surface area contributed by atoms with Gasteiger partial charge in [-0.15, -0.1) is 0 Å². The molecule has 0 aromatic rings. The van der Waals surface area contributed by atoms with E-state index < -0.39 is 10.4 Å². The molecule has 2 aliphatic heterocycles. The summed E-state index contributed by atoms with van der Waals surface area (Å²) in [6.07, 6.45) is 2.34. The first kappa shape index (κ1) is 8.43. The molecular weight excluding hydrogens is 182 g/mol. The van der Waals surface area contributed by atoms with Crippen molar-refractivity contribution in [2.45, 2.75) is 37.5 Å². The molecule has 5 nitrogen and oxygen atoms in total. The largest absolute Gasteiger partial charge is 0.397 e. The number of hydrogen-bond donors (Lipinski definition) is 2. The Balaban J connectivity index is 2.00. The topological polar surface area (TPSA) is 75.6 Å². The molecule has 2 fully saturated rings. The van der Waals surface area contributed by atoms with Gasteiger partial charge in [-0.25, -0.2) is 4.18 Å². The minimum atomic E-state index is -4.27. The van der Waals surface area contributed by atoms with E-state index in [2.05, 4.69) is 9.50 Å². The first-order valence-corrected chi connectivity index (χ1v) is 5.33. The van der Waals surface area contributed by atoms with E-state index in [1.54, 1.807) is 0 Å². The molecule has 0 amide bonds. The summed E-state index contributed by atoms with van der Waals surface area (Å²) in [6, 6.07) is 0.485. The highest BCUT2D eigenvalue weighted by Gasteiger charge is 2.41. The van der Waals surface area contributed by atoms with E-state index in [9.17, 15) is 8.42 Å². The van der Waals surface area contributed by atoms with Crippen molar-refractivity contribution in [2.75, 3.05) is 0 Å². The maximum absolute atomic E-state index is 10.4. The van der Waals surface area contributed by atoms with Crippen LogP contribution >= 0.6 is 0 Å². The molecule has 2 rings (SSSR count). The van der Waals surface area contributed by atoms with Gasteiger partial charge in [0.1, 0.15) is 0 Å². The Bertz CT molecular complexity index is 275. The van der Waals surface area contributed by atoms with Gasteiger partial charge < -0.3 is 5.32 Å². The number of fused-ring (bicyclic) bond motifs is 2. The molecule has 0 aromatic carbocycles. The zero-order valence-electron chi connectivity index (χ0n) is 6.43. The van der Waals surface area contributed by atoms with E-state index in [1.807, 2.05) is 0 Å². The zero-order valence-corrected chi connectivity index (χ0v) is 7.25. The molecule has 2 saturated heterocycles. The summed E-state index contributed by atoms with van der Waals surface area (Å²) < 4.78 is 33.7. The van der Waals surface area contributed by atoms with Crippen LogP contribution in [0.25, 0.3) is 0 Å². The second-order valence-corrected chi connectivity index (χ2v) is 4.39. The van der Waals surface area contributed by atoms with Crippen molar-refractivity contribution >= 4 is 10.4 Å². The third-order valence-electron chi connectivity index (χ3n) is 2.49. The van der Waals surface area contributed by atoms with Crippen LogP contribution in [0, 0.1) is 0 Å². The second kappa shape index (κ2) is 2.66. The van der Waals surface area contributed by atoms with E-state index in [0.29, 0.717) is 12.5 Å². The highest BCUT2D eigenvalue weighted by molar-refractivity contribution is 7.80. The average molecular weight is 193 g/mol. The molecule has 2 aliphatic rings. The minimum absolute atomic E-state index is 0.108. The normalized spacial score (nSPS) is 40.6. The van der Waals surface area contributed by atoms with Crippen LogP contribution in [0.4, 0.5) is 0 Å². The average Bonchev–Trinajstić information content (AvgIpc) is 2.42. The van der Waals surface area contributed by atoms with Crippen molar-refractivity contribution in [1.29, 1.82) is 0 Å². The molecule has 0 aromatic heterocycles. The molecule has 0 radical (unpaired) electrons. The van der Waals surface area contributed by atoms with Gasteiger partial charge in [-0.3, -0.25) is 4.55 Å². The van der Waals surface area contributed by atoms with Crippen LogP contribution in [-0.4, -0.2) is 31.2 Å². The lowest BCUT2D eigenvalue weighted by molar-refractivity contribution is 0.156. The standard InChI is InChI=1S/C6H11NO4S/c8-12(9,10)11-6-3-4-1-2-5(6)7-4/h4-7H,1-3H2,(H,8,9,10)/t4-,5+,6+/m0/s1. The van der Waals surface area contributed by atoms with Crippen molar-refractivity contribution in [3.63, 3.8) is 0 Å². The van der Waals surface area contributed by atoms with Crippen LogP contribution < -0.4 is 5.32 Å². The van der Waals surface area contributed by atoms with E-state index in [1.165, 1.54) is 0 Å². The molecule has 6 heteroatoms. The van der Waals surface area contributed by atoms with Gasteiger partial charge in [0, 0.05) is 12.1 Å². The molecule has 0 unspecified atom stereocenters. The Labute approximate surface area is 71.1 Å². The lowest BCUT2D eigenvalue weighted by Crippen LogP contribution is -2.31. The third-order valence-corrected chi connectivity index (χ3v) is 2.98. The van der Waals surface area contributed by atoms with Crippen LogP contribution in [0.2, 0.25) is 0 Å². The first-order chi connectivity index (χ1) is 5.54. The Hall–Kier alpha value is -0.170. The lowest BCUT2D eigenvalue weighted by atomic mass is 9.98. The summed E-state index contributed by atoms with van der Waals surface area (Å²) >= 11 is 0. The van der Waals surface area contributed by atoms with Gasteiger partial charge >= 0.3 is 10.4 Å². The van der Waals surface area contributed by atoms with Crippen molar-refractivity contribution < 1.29 is 17.2 Å². The SMILES string of the molecule is O=S(=O)(O)O[C@@H]1C[C@@H]2CC[C@H]1N2. The Morgan fingerprint density at radius 1 is 1.42 bits per heavy atom. The first-order valence-electron chi connectivity index (χ1n) is 3.96. The maximum Gasteiger partial charge on any atom is 0.397 e. The second-order valence-electron chi connectivity index (χ2n) is 3.35. The molecule has 2 bridgehead atoms. The van der Waals surface area contributed by atoms with Gasteiger partial charge in [-0.2, -0.15) is 8.42 Å². The maximum atomic E-state index is 10.4. The predicted octanol–water partition coefficient (Wildman–Crippen LogP) is -0.301. The summed E-state index contributed by atoms with van der Waals surface area (Å²) in [5.74, 6) is 0. The van der Waals surface area contributed by atoms with E-state index in [4.69, 9.17) is 4.55 Å². The lowest BCUT2D eigenvalue weighted by Gasteiger charge is -2.17. The molecule has 70 valence electrons. The molecule has 3 atom stereocenters. The summed E-state index contributed by atoms with van der Waals surface area (Å²) in [5, 5.41) is 3.20. The molecular formula is C6H11NO4S. The van der Waals surface area contributed by atoms with Gasteiger partial charge in [-0.05, 0) is 19.3 Å². The van der Waals surface area contributed by atoms with Crippen molar-refractivity contribution in [1.82, 2.24) is 5.32 Å². The monoisotopic (exact) mass is 193 g/mol. The zero-order chi connectivity index (χ0) is 8.77. The summed E-state index contributed by atoms with van der Waals surface area (Å²) in [7, 11) is -4.27. The number of rotatable bonds is 2. The fraction of sp³-hybridized carbons (Fsp3) is 1.00. The number of nitrogens with one attached hydrogen (secondary N) is 1. The molecule has 0 spiro atoms. The third kappa shape index (κ3) is 1.61. The predicted molar refractivity (Wildman–Crippen MR) is 41.0 cm³/mol. The highest BCUT2D eigenvalue weighted by Crippen LogP contribution is 2.30. The highest BCUT2D eigenvalue weighted by atomic mass is 32.3. The van der Waals surface area contributed by atoms with Gasteiger partial charge in [0.15, 0.2) is 0 Å². The summed E-state index contributed by atoms with van der Waals surface area (Å²) in [6.45, 7) is 0. The smallest absolute Gasteiger partial charge is 0.308 e. The van der Waals surface area contributed by atoms with Crippen LogP contribution in [0.5, 0.6) is 0 Å². The van der Waals surface area contributed by atoms with Crippen LogP contribution in [0.3, 0.4) is 0 Å². The van der Waals surface area contributed by atoms with E-state index in [-0.39, 0.29) is 12.1 Å². The van der Waals surface area contributed by atoms with Crippen molar-refractivity contribution in [2.24, 2.45) is 0 Å². The molecule has 2 heterocycles. The van der Waals surface area contributed by atoms with Gasteiger partial charge in [0.2, 0.25) is 0 Å². The van der Waals surface area contributed by atoms with Crippen LogP contribution in [0.1, 0.15) is 19.3 Å². The Morgan fingerprint density at radius 2 is 2.17 bits per heavy atom. The van der Waals surface area contributed by atoms with E-state index >= 15 is 0 Å². The molecule has 12 heavy (non-hydrogen) atoms. The number of hydrogen-bond acceptors (Lipinski definition) is 4. The molecule has 0 saturated carbocycles. The fourth-order valence-electron chi connectivity index (χ4n) is 2.04. The Kier molecular flexibility index (Phi) is 1.87. The van der Waals surface area contributed by atoms with E-state index in [0.717, 1.165) is 12.8 Å². The molecule has 2 N–H and O–H groups in total. The molecule has 0 aliphatic carbocycles. The minimum Gasteiger partial charge on any atom is -0.308 e.